The van der Waals surface area contributed by atoms with Crippen LogP contribution in [0.1, 0.15) is 47.8 Å². The van der Waals surface area contributed by atoms with Gasteiger partial charge in [0, 0.05) is 0 Å². The third kappa shape index (κ3) is 7.71. The SMILES string of the molecule is CC(C)OC(=O)[C@H](C)NP(=S)(N[C@@H](C)C(=O)OC(C)C)OC[C@@]1(C(F)F)O[C@@H](n2cnc3c(=O)[nH]c(N)nc32)[C@H](O)[C@H]1F. The topological polar surface area (TPSA) is 205 Å². The highest BCUT2D eigenvalue weighted by atomic mass is 32.4. The molecule has 6 N–H and O–H groups in total. The Hall–Kier alpha value is -2.67. The van der Waals surface area contributed by atoms with E-state index in [-0.39, 0.29) is 17.1 Å². The van der Waals surface area contributed by atoms with Crippen LogP contribution in [0.2, 0.25) is 0 Å². The van der Waals surface area contributed by atoms with Crippen molar-refractivity contribution in [3.63, 3.8) is 0 Å². The van der Waals surface area contributed by atoms with Gasteiger partial charge in [-0.15, -0.1) is 0 Å². The Balaban J connectivity index is 1.94. The van der Waals surface area contributed by atoms with Gasteiger partial charge in [0.1, 0.15) is 18.2 Å². The molecule has 3 heterocycles. The smallest absolute Gasteiger partial charge is 0.323 e. The average Bonchev–Trinajstić information content (AvgIpc) is 3.41. The fourth-order valence-electron chi connectivity index (χ4n) is 4.08. The summed E-state index contributed by atoms with van der Waals surface area (Å²) >= 11 is 5.55. The first-order chi connectivity index (χ1) is 19.9. The van der Waals surface area contributed by atoms with Crippen LogP contribution in [0, 0.1) is 0 Å². The first-order valence-electron chi connectivity index (χ1n) is 13.1. The van der Waals surface area contributed by atoms with E-state index in [2.05, 4.69) is 25.1 Å². The number of aromatic amines is 1. The van der Waals surface area contributed by atoms with E-state index in [9.17, 15) is 28.3 Å². The summed E-state index contributed by atoms with van der Waals surface area (Å²) in [7, 11) is 0. The van der Waals surface area contributed by atoms with Crippen molar-refractivity contribution in [1.82, 2.24) is 29.7 Å². The molecule has 1 aliphatic rings. The molecular formula is C23H35F3N7O8PS. The van der Waals surface area contributed by atoms with Gasteiger partial charge in [-0.1, -0.05) is 0 Å². The van der Waals surface area contributed by atoms with Gasteiger partial charge in [-0.3, -0.25) is 23.9 Å². The molecule has 0 spiro atoms. The lowest BCUT2D eigenvalue weighted by molar-refractivity contribution is -0.181. The van der Waals surface area contributed by atoms with Crippen molar-refractivity contribution in [3.05, 3.63) is 16.7 Å². The minimum absolute atomic E-state index is 0.257. The molecule has 2 aromatic heterocycles. The molecule has 0 aromatic carbocycles. The Morgan fingerprint density at radius 2 is 1.72 bits per heavy atom. The molecule has 1 saturated heterocycles. The number of ether oxygens (including phenoxy) is 3. The number of fused-ring (bicyclic) bond motifs is 1. The minimum Gasteiger partial charge on any atom is -0.462 e. The number of nitrogens with one attached hydrogen (secondary N) is 3. The third-order valence-corrected chi connectivity index (χ3v) is 9.00. The molecule has 15 nitrogen and oxygen atoms in total. The second-order valence-electron chi connectivity index (χ2n) is 10.4. The van der Waals surface area contributed by atoms with E-state index in [1.54, 1.807) is 27.7 Å². The number of H-pyrrole nitrogens is 1. The maximum absolute atomic E-state index is 15.6. The number of carbonyl (C=O) groups excluding carboxylic acids is 2. The average molecular weight is 658 g/mol. The van der Waals surface area contributed by atoms with Crippen molar-refractivity contribution in [2.75, 3.05) is 12.3 Å². The van der Waals surface area contributed by atoms with Gasteiger partial charge in [0.05, 0.1) is 25.1 Å². The van der Waals surface area contributed by atoms with E-state index in [4.69, 9.17) is 36.3 Å². The maximum Gasteiger partial charge on any atom is 0.323 e. The van der Waals surface area contributed by atoms with Gasteiger partial charge in [0.15, 0.2) is 35.7 Å². The molecular weight excluding hydrogens is 622 g/mol. The zero-order valence-electron chi connectivity index (χ0n) is 24.1. The van der Waals surface area contributed by atoms with Gasteiger partial charge < -0.3 is 29.6 Å². The van der Waals surface area contributed by atoms with E-state index in [0.29, 0.717) is 0 Å². The van der Waals surface area contributed by atoms with Crippen LogP contribution in [0.3, 0.4) is 0 Å². The number of carbonyl (C=O) groups is 2. The zero-order chi connectivity index (χ0) is 32.4. The Bertz CT molecular complexity index is 1390. The predicted molar refractivity (Wildman–Crippen MR) is 150 cm³/mol. The number of anilines is 1. The van der Waals surface area contributed by atoms with E-state index in [0.717, 1.165) is 10.9 Å². The van der Waals surface area contributed by atoms with E-state index < -0.39 is 85.5 Å². The summed E-state index contributed by atoms with van der Waals surface area (Å²) in [5.74, 6) is -1.87. The number of imidazole rings is 1. The normalized spacial score (nSPS) is 24.2. The molecule has 0 aliphatic carbocycles. The molecule has 0 saturated carbocycles. The van der Waals surface area contributed by atoms with Crippen LogP contribution in [-0.4, -0.2) is 91.8 Å². The first kappa shape index (κ1) is 34.8. The largest absolute Gasteiger partial charge is 0.462 e. The predicted octanol–water partition coefficient (Wildman–Crippen LogP) is 1.03. The van der Waals surface area contributed by atoms with Gasteiger partial charge in [-0.05, 0) is 53.3 Å². The molecule has 6 atom stereocenters. The molecule has 242 valence electrons. The number of nitrogens with two attached hydrogens (primary N) is 1. The van der Waals surface area contributed by atoms with Crippen molar-refractivity contribution >= 4 is 47.4 Å². The molecule has 20 heteroatoms. The lowest BCUT2D eigenvalue weighted by Gasteiger charge is -2.35. The van der Waals surface area contributed by atoms with Crippen molar-refractivity contribution < 1.29 is 46.6 Å². The van der Waals surface area contributed by atoms with Crippen molar-refractivity contribution in [2.24, 2.45) is 0 Å². The Morgan fingerprint density at radius 3 is 2.21 bits per heavy atom. The van der Waals surface area contributed by atoms with Crippen molar-refractivity contribution in [1.29, 1.82) is 0 Å². The number of hydrogen-bond acceptors (Lipinski definition) is 12. The fourth-order valence-corrected chi connectivity index (χ4v) is 7.02. The van der Waals surface area contributed by atoms with E-state index in [1.165, 1.54) is 13.8 Å². The molecule has 0 unspecified atom stereocenters. The summed E-state index contributed by atoms with van der Waals surface area (Å²) in [5.41, 5.74) is 1.18. The monoisotopic (exact) mass is 657 g/mol. The van der Waals surface area contributed by atoms with Gasteiger partial charge in [0.2, 0.25) is 5.95 Å². The van der Waals surface area contributed by atoms with Crippen molar-refractivity contribution in [3.8, 4) is 0 Å². The fraction of sp³-hybridized carbons (Fsp3) is 0.696. The molecule has 3 rings (SSSR count). The number of halogens is 3. The highest BCUT2D eigenvalue weighted by Crippen LogP contribution is 2.48. The lowest BCUT2D eigenvalue weighted by Crippen LogP contribution is -2.51. The van der Waals surface area contributed by atoms with Gasteiger partial charge in [-0.25, -0.2) is 28.3 Å². The molecule has 43 heavy (non-hydrogen) atoms. The Labute approximate surface area is 249 Å². The summed E-state index contributed by atoms with van der Waals surface area (Å²) in [6.45, 7) is 4.05. The van der Waals surface area contributed by atoms with Crippen LogP contribution in [0.25, 0.3) is 11.2 Å². The highest BCUT2D eigenvalue weighted by Gasteiger charge is 2.62. The second-order valence-corrected chi connectivity index (χ2v) is 13.8. The molecule has 0 radical (unpaired) electrons. The number of aromatic nitrogens is 4. The summed E-state index contributed by atoms with van der Waals surface area (Å²) < 4.78 is 67.2. The van der Waals surface area contributed by atoms with E-state index in [1.807, 2.05) is 0 Å². The summed E-state index contributed by atoms with van der Waals surface area (Å²) in [6.07, 6.45) is -10.4. The molecule has 0 amide bonds. The molecule has 1 aliphatic heterocycles. The number of nitrogen functional groups attached to an aromatic ring is 1. The van der Waals surface area contributed by atoms with Crippen LogP contribution in [0.15, 0.2) is 11.1 Å². The minimum atomic E-state index is -3.86. The lowest BCUT2D eigenvalue weighted by atomic mass is 9.98. The van der Waals surface area contributed by atoms with E-state index >= 15 is 4.39 Å². The van der Waals surface area contributed by atoms with Crippen LogP contribution >= 0.6 is 6.57 Å². The number of hydrogen-bond donors (Lipinski definition) is 5. The number of rotatable bonds is 13. The summed E-state index contributed by atoms with van der Waals surface area (Å²) in [6, 6.07) is -2.32. The van der Waals surface area contributed by atoms with Gasteiger partial charge in [-0.2, -0.15) is 4.98 Å². The Kier molecular flexibility index (Phi) is 11.0. The van der Waals surface area contributed by atoms with Gasteiger partial charge >= 0.3 is 11.9 Å². The number of alkyl halides is 3. The summed E-state index contributed by atoms with van der Waals surface area (Å²) in [4.78, 5) is 47.0. The molecule has 0 bridgehead atoms. The first-order valence-corrected chi connectivity index (χ1v) is 15.8. The van der Waals surface area contributed by atoms with Gasteiger partial charge in [0.25, 0.3) is 12.0 Å². The van der Waals surface area contributed by atoms with Crippen LogP contribution in [0.4, 0.5) is 19.1 Å². The maximum atomic E-state index is 15.6. The summed E-state index contributed by atoms with van der Waals surface area (Å²) in [5, 5.41) is 16.0. The number of nitrogens with zero attached hydrogens (tertiary/aromatic N) is 3. The number of aliphatic hydroxyl groups is 1. The van der Waals surface area contributed by atoms with Crippen molar-refractivity contribution in [2.45, 2.75) is 96.4 Å². The number of esters is 2. The quantitative estimate of drug-likeness (QED) is 0.151. The second kappa shape index (κ2) is 13.5. The standard InChI is InChI=1S/C23H35F3N7O8PS/c1-9(2)39-19(36)11(5)31-42(43,32-12(6)20(37)40-10(3)4)38-7-23(21(25)26)15(24)14(34)18(41-23)33-8-28-13-16(33)29-22(27)30-17(13)35/h8-12,14-15,18,21,34H,7H2,1-6H3,(H2,31,32,43)(H3,27,29,30,35)/t11-,12-,14+,15+,18+,23+/m0/s1. The highest BCUT2D eigenvalue weighted by molar-refractivity contribution is 8.10. The van der Waals surface area contributed by atoms with Crippen LogP contribution in [0.5, 0.6) is 0 Å². The Morgan fingerprint density at radius 1 is 1.19 bits per heavy atom. The number of aliphatic hydroxyl groups excluding tert-OH is 1. The zero-order valence-corrected chi connectivity index (χ0v) is 25.8. The third-order valence-electron chi connectivity index (χ3n) is 6.10. The molecule has 2 aromatic rings. The molecule has 1 fully saturated rings. The van der Waals surface area contributed by atoms with Crippen LogP contribution < -0.4 is 21.5 Å². The van der Waals surface area contributed by atoms with Crippen LogP contribution in [-0.2, 0) is 40.1 Å².